The third kappa shape index (κ3) is 8.30. The molecule has 0 spiro atoms. The van der Waals surface area contributed by atoms with Crippen LogP contribution in [-0.4, -0.2) is 0 Å². The molecule has 0 atom stereocenters. The molecule has 0 saturated heterocycles. The molecule has 0 aliphatic heterocycles. The second-order valence-electron chi connectivity index (χ2n) is 17.3. The number of halogens is 2. The molecular weight excluding hydrogens is 780 g/mol. The molecule has 0 fully saturated rings. The Bertz CT molecular complexity index is 2740. The lowest BCUT2D eigenvalue weighted by atomic mass is 9.86. The van der Waals surface area contributed by atoms with Crippen LogP contribution in [0.5, 0.6) is 0 Å². The quantitative estimate of drug-likeness (QED) is 0.143. The number of aryl methyl sites for hydroxylation is 1. The van der Waals surface area contributed by atoms with Crippen LogP contribution in [0.4, 0.5) is 34.1 Å². The van der Waals surface area contributed by atoms with E-state index in [9.17, 15) is 0 Å². The number of fused-ring (bicyclic) bond motifs is 1. The van der Waals surface area contributed by atoms with Gasteiger partial charge in [-0.2, -0.15) is 0 Å². The average molecular weight is 830 g/mol. The molecule has 0 radical (unpaired) electrons. The fraction of sp³-hybridized carbons (Fsp3) is 0.185. The van der Waals surface area contributed by atoms with E-state index in [-0.39, 0.29) is 10.8 Å². The van der Waals surface area contributed by atoms with Crippen LogP contribution in [0.3, 0.4) is 0 Å². The number of hydrogen-bond acceptors (Lipinski definition) is 3. The summed E-state index contributed by atoms with van der Waals surface area (Å²) in [5.74, 6) is 0. The van der Waals surface area contributed by atoms with Crippen molar-refractivity contribution in [3.05, 3.63) is 190 Å². The van der Waals surface area contributed by atoms with E-state index < -0.39 is 0 Å². The third-order valence-corrected chi connectivity index (χ3v) is 12.8. The van der Waals surface area contributed by atoms with E-state index in [4.69, 9.17) is 23.2 Å². The average Bonchev–Trinajstić information content (AvgIpc) is 3.66. The molecule has 5 heteroatoms. The van der Waals surface area contributed by atoms with Gasteiger partial charge in [-0.3, -0.25) is 0 Å². The standard InChI is InChI=1S/C54H50Cl2N2S/c1-8-36-20-28-43(29-21-36)57(50-35-59-51-31-27-41(33-45(50)51)53(2,3)4)48-18-13-19-49(52(48)56)58(47-30-26-42(34-46(47)55)54(5,6)7)44-17-12-16-40(32-44)39-24-22-38(23-25-39)37-14-10-9-11-15-37/h9-35H,8H2,1-7H3. The first kappa shape index (κ1) is 40.5. The highest BCUT2D eigenvalue weighted by molar-refractivity contribution is 7.17. The summed E-state index contributed by atoms with van der Waals surface area (Å²) in [7, 11) is 0. The minimum atomic E-state index is -0.0691. The molecule has 8 rings (SSSR count). The summed E-state index contributed by atoms with van der Waals surface area (Å²) in [5, 5.41) is 4.74. The predicted molar refractivity (Wildman–Crippen MR) is 259 cm³/mol. The van der Waals surface area contributed by atoms with Crippen LogP contribution in [0.2, 0.25) is 10.0 Å². The summed E-state index contributed by atoms with van der Waals surface area (Å²) in [6, 6.07) is 56.4. The molecule has 0 N–H and O–H groups in total. The van der Waals surface area contributed by atoms with Crippen molar-refractivity contribution < 1.29 is 0 Å². The summed E-state index contributed by atoms with van der Waals surface area (Å²) in [5.41, 5.74) is 13.9. The zero-order chi connectivity index (χ0) is 41.5. The second-order valence-corrected chi connectivity index (χ2v) is 19.0. The van der Waals surface area contributed by atoms with E-state index in [1.165, 1.54) is 37.9 Å². The lowest BCUT2D eigenvalue weighted by molar-refractivity contribution is 0.590. The van der Waals surface area contributed by atoms with Crippen LogP contribution in [0.1, 0.15) is 65.2 Å². The Balaban J connectivity index is 1.31. The van der Waals surface area contributed by atoms with Gasteiger partial charge in [-0.1, -0.05) is 169 Å². The largest absolute Gasteiger partial charge is 0.307 e. The smallest absolute Gasteiger partial charge is 0.0887 e. The Hall–Kier alpha value is -5.32. The Kier molecular flexibility index (Phi) is 11.2. The van der Waals surface area contributed by atoms with Crippen LogP contribution in [0.15, 0.2) is 163 Å². The van der Waals surface area contributed by atoms with Crippen molar-refractivity contribution >= 4 is 78.7 Å². The van der Waals surface area contributed by atoms with Crippen molar-refractivity contribution in [1.82, 2.24) is 0 Å². The van der Waals surface area contributed by atoms with Gasteiger partial charge in [0.05, 0.1) is 32.8 Å². The first-order valence-corrected chi connectivity index (χ1v) is 22.0. The van der Waals surface area contributed by atoms with Crippen molar-refractivity contribution in [1.29, 1.82) is 0 Å². The number of nitrogens with zero attached hydrogens (tertiary/aromatic N) is 2. The molecule has 0 unspecified atom stereocenters. The number of hydrogen-bond donors (Lipinski definition) is 0. The molecule has 0 amide bonds. The van der Waals surface area contributed by atoms with E-state index in [0.717, 1.165) is 51.7 Å². The zero-order valence-corrected chi connectivity index (χ0v) is 37.2. The van der Waals surface area contributed by atoms with Gasteiger partial charge in [0.2, 0.25) is 0 Å². The monoisotopic (exact) mass is 828 g/mol. The van der Waals surface area contributed by atoms with Gasteiger partial charge in [-0.25, -0.2) is 0 Å². The van der Waals surface area contributed by atoms with Crippen LogP contribution < -0.4 is 9.80 Å². The Morgan fingerprint density at radius 2 is 1.03 bits per heavy atom. The summed E-state index contributed by atoms with van der Waals surface area (Å²) in [6.07, 6.45) is 0.965. The van der Waals surface area contributed by atoms with Crippen molar-refractivity contribution in [3.8, 4) is 22.3 Å². The molecule has 1 aromatic heterocycles. The molecule has 2 nitrogen and oxygen atoms in total. The molecule has 0 bridgehead atoms. The van der Waals surface area contributed by atoms with Gasteiger partial charge in [-0.15, -0.1) is 11.3 Å². The fourth-order valence-electron chi connectivity index (χ4n) is 7.67. The van der Waals surface area contributed by atoms with Gasteiger partial charge in [0.1, 0.15) is 0 Å². The van der Waals surface area contributed by atoms with E-state index in [2.05, 4.69) is 215 Å². The molecule has 0 aliphatic rings. The Labute approximate surface area is 364 Å². The number of rotatable bonds is 9. The van der Waals surface area contributed by atoms with E-state index in [0.29, 0.717) is 10.0 Å². The number of thiophene rings is 1. The molecule has 296 valence electrons. The Morgan fingerprint density at radius 3 is 1.66 bits per heavy atom. The van der Waals surface area contributed by atoms with E-state index >= 15 is 0 Å². The van der Waals surface area contributed by atoms with Crippen molar-refractivity contribution in [2.24, 2.45) is 0 Å². The second kappa shape index (κ2) is 16.4. The van der Waals surface area contributed by atoms with Gasteiger partial charge in [0.25, 0.3) is 0 Å². The molecule has 59 heavy (non-hydrogen) atoms. The van der Waals surface area contributed by atoms with E-state index in [1.54, 1.807) is 11.3 Å². The molecule has 8 aromatic rings. The topological polar surface area (TPSA) is 6.48 Å². The summed E-state index contributed by atoms with van der Waals surface area (Å²) in [6.45, 7) is 15.6. The summed E-state index contributed by atoms with van der Waals surface area (Å²) < 4.78 is 1.23. The van der Waals surface area contributed by atoms with Crippen LogP contribution in [-0.2, 0) is 17.3 Å². The van der Waals surface area contributed by atoms with E-state index in [1.807, 2.05) is 6.07 Å². The van der Waals surface area contributed by atoms with Gasteiger partial charge in [0, 0.05) is 26.8 Å². The van der Waals surface area contributed by atoms with Crippen molar-refractivity contribution in [3.63, 3.8) is 0 Å². The molecule has 1 heterocycles. The first-order valence-electron chi connectivity index (χ1n) is 20.4. The van der Waals surface area contributed by atoms with Gasteiger partial charge < -0.3 is 9.80 Å². The first-order chi connectivity index (χ1) is 28.3. The third-order valence-electron chi connectivity index (χ3n) is 11.2. The van der Waals surface area contributed by atoms with Crippen LogP contribution in [0, 0.1) is 0 Å². The number of benzene rings is 7. The van der Waals surface area contributed by atoms with Gasteiger partial charge in [0.15, 0.2) is 0 Å². The highest BCUT2D eigenvalue weighted by atomic mass is 35.5. The van der Waals surface area contributed by atoms with Gasteiger partial charge >= 0.3 is 0 Å². The van der Waals surface area contributed by atoms with Gasteiger partial charge in [-0.05, 0) is 117 Å². The maximum Gasteiger partial charge on any atom is 0.0887 e. The molecule has 0 saturated carbocycles. The maximum absolute atomic E-state index is 7.84. The highest BCUT2D eigenvalue weighted by Crippen LogP contribution is 2.51. The summed E-state index contributed by atoms with van der Waals surface area (Å²) in [4.78, 5) is 4.54. The molecular formula is C54H50Cl2N2S. The summed E-state index contributed by atoms with van der Waals surface area (Å²) >= 11 is 17.0. The SMILES string of the molecule is CCc1ccc(N(c2cccc(N(c3cccc(-c4ccc(-c5ccccc5)cc4)c3)c3ccc(C(C)(C)C)cc3Cl)c2Cl)c2csc3ccc(C(C)(C)C)cc23)cc1. The fourth-order valence-corrected chi connectivity index (χ4v) is 9.14. The minimum absolute atomic E-state index is 0.000654. The maximum atomic E-state index is 7.84. The predicted octanol–water partition coefficient (Wildman–Crippen LogP) is 17.6. The Morgan fingerprint density at radius 1 is 0.475 bits per heavy atom. The van der Waals surface area contributed by atoms with Crippen molar-refractivity contribution in [2.75, 3.05) is 9.80 Å². The zero-order valence-electron chi connectivity index (χ0n) is 34.9. The lowest BCUT2D eigenvalue weighted by Crippen LogP contribution is -2.16. The van der Waals surface area contributed by atoms with Crippen LogP contribution in [0.25, 0.3) is 32.3 Å². The normalized spacial score (nSPS) is 11.9. The number of anilines is 6. The molecule has 7 aromatic carbocycles. The highest BCUT2D eigenvalue weighted by Gasteiger charge is 2.27. The minimum Gasteiger partial charge on any atom is -0.307 e. The van der Waals surface area contributed by atoms with Crippen LogP contribution >= 0.6 is 34.5 Å². The van der Waals surface area contributed by atoms with Crippen molar-refractivity contribution in [2.45, 2.75) is 65.7 Å². The molecule has 0 aliphatic carbocycles. The lowest BCUT2D eigenvalue weighted by Gasteiger charge is -2.32.